The molecular formula is C22H23N3O4. The molecule has 0 bridgehead atoms. The Morgan fingerprint density at radius 3 is 2.41 bits per heavy atom. The number of nitrogens with one attached hydrogen (secondary N) is 1. The number of benzene rings is 2. The molecule has 1 amide bonds. The summed E-state index contributed by atoms with van der Waals surface area (Å²) in [7, 11) is 1.54. The fraction of sp³-hybridized carbons (Fsp3) is 0.227. The van der Waals surface area contributed by atoms with E-state index in [1.165, 1.54) is 16.8 Å². The van der Waals surface area contributed by atoms with Gasteiger partial charge < -0.3 is 14.8 Å². The zero-order valence-corrected chi connectivity index (χ0v) is 16.4. The predicted molar refractivity (Wildman–Crippen MR) is 109 cm³/mol. The Hall–Kier alpha value is -3.45. The van der Waals surface area contributed by atoms with E-state index in [2.05, 4.69) is 10.4 Å². The molecule has 1 N–H and O–H groups in total. The van der Waals surface area contributed by atoms with E-state index in [9.17, 15) is 9.59 Å². The number of ether oxygens (including phenoxy) is 2. The van der Waals surface area contributed by atoms with E-state index in [1.54, 1.807) is 7.11 Å². The molecule has 0 saturated heterocycles. The number of nitrogens with zero attached hydrogens (tertiary/aromatic N) is 2. The second kappa shape index (κ2) is 9.66. The van der Waals surface area contributed by atoms with Gasteiger partial charge in [0.2, 0.25) is 0 Å². The lowest BCUT2D eigenvalue weighted by Crippen LogP contribution is -2.31. The molecule has 0 aliphatic rings. The normalized spacial score (nSPS) is 11.7. The molecule has 0 spiro atoms. The highest BCUT2D eigenvalue weighted by Crippen LogP contribution is 2.23. The van der Waals surface area contributed by atoms with Crippen LogP contribution in [0.1, 0.15) is 29.0 Å². The van der Waals surface area contributed by atoms with E-state index in [0.29, 0.717) is 12.4 Å². The fourth-order valence-corrected chi connectivity index (χ4v) is 2.71. The van der Waals surface area contributed by atoms with Gasteiger partial charge in [-0.25, -0.2) is 4.68 Å². The van der Waals surface area contributed by atoms with Gasteiger partial charge in [-0.3, -0.25) is 9.59 Å². The van der Waals surface area contributed by atoms with Crippen LogP contribution in [0.25, 0.3) is 0 Å². The molecule has 3 aromatic rings. The molecule has 1 heterocycles. The summed E-state index contributed by atoms with van der Waals surface area (Å²) < 4.78 is 12.0. The van der Waals surface area contributed by atoms with Crippen LogP contribution in [0.15, 0.2) is 71.5 Å². The molecule has 0 saturated carbocycles. The van der Waals surface area contributed by atoms with E-state index in [0.717, 1.165) is 11.3 Å². The van der Waals surface area contributed by atoms with Gasteiger partial charge in [0.25, 0.3) is 11.5 Å². The van der Waals surface area contributed by atoms with Gasteiger partial charge in [-0.15, -0.1) is 0 Å². The molecule has 1 aromatic heterocycles. The molecule has 7 heteroatoms. The zero-order chi connectivity index (χ0) is 20.6. The van der Waals surface area contributed by atoms with Crippen molar-refractivity contribution in [1.82, 2.24) is 15.1 Å². The van der Waals surface area contributed by atoms with Crippen LogP contribution in [0.2, 0.25) is 0 Å². The van der Waals surface area contributed by atoms with Gasteiger partial charge in [0, 0.05) is 13.2 Å². The van der Waals surface area contributed by atoms with Crippen LogP contribution in [0.4, 0.5) is 0 Å². The lowest BCUT2D eigenvalue weighted by atomic mass is 10.1. The van der Waals surface area contributed by atoms with Gasteiger partial charge in [-0.1, -0.05) is 30.3 Å². The number of aromatic nitrogens is 2. The summed E-state index contributed by atoms with van der Waals surface area (Å²) >= 11 is 0. The van der Waals surface area contributed by atoms with Crippen molar-refractivity contribution in [2.75, 3.05) is 13.7 Å². The Kier molecular flexibility index (Phi) is 6.76. The monoisotopic (exact) mass is 393 g/mol. The highest BCUT2D eigenvalue weighted by atomic mass is 16.5. The third-order valence-electron chi connectivity index (χ3n) is 4.31. The summed E-state index contributed by atoms with van der Waals surface area (Å²) in [4.78, 5) is 24.3. The number of hydrogen-bond donors (Lipinski definition) is 1. The van der Waals surface area contributed by atoms with Gasteiger partial charge in [-0.2, -0.15) is 5.10 Å². The Morgan fingerprint density at radius 2 is 1.72 bits per heavy atom. The number of carbonyl (C=O) groups is 1. The Bertz CT molecular complexity index is 1000. The van der Waals surface area contributed by atoms with Gasteiger partial charge >= 0.3 is 0 Å². The van der Waals surface area contributed by atoms with Crippen LogP contribution in [-0.2, 0) is 11.3 Å². The predicted octanol–water partition coefficient (Wildman–Crippen LogP) is 3.17. The van der Waals surface area contributed by atoms with Crippen LogP contribution < -0.4 is 15.6 Å². The first kappa shape index (κ1) is 20.3. The van der Waals surface area contributed by atoms with Crippen LogP contribution in [-0.4, -0.2) is 29.4 Å². The molecule has 2 aromatic carbocycles. The van der Waals surface area contributed by atoms with E-state index in [1.807, 2.05) is 61.5 Å². The standard InChI is InChI=1S/C22H23N3O4/c1-16(17-8-10-19(11-9-17)29-18-6-4-3-5-7-18)23-22(27)20-12-13-21(26)25(24-20)14-15-28-2/h3-13,16H,14-15H2,1-2H3,(H,23,27). The van der Waals surface area contributed by atoms with Crippen molar-refractivity contribution in [3.05, 3.63) is 88.3 Å². The van der Waals surface area contributed by atoms with Crippen molar-refractivity contribution < 1.29 is 14.3 Å². The topological polar surface area (TPSA) is 82.5 Å². The third kappa shape index (κ3) is 5.52. The number of methoxy groups -OCH3 is 1. The molecule has 7 nitrogen and oxygen atoms in total. The van der Waals surface area contributed by atoms with Gasteiger partial charge in [0.15, 0.2) is 0 Å². The van der Waals surface area contributed by atoms with Gasteiger partial charge in [-0.05, 0) is 42.8 Å². The molecule has 0 radical (unpaired) electrons. The summed E-state index contributed by atoms with van der Waals surface area (Å²) in [5, 5.41) is 7.01. The number of amides is 1. The molecular weight excluding hydrogens is 370 g/mol. The highest BCUT2D eigenvalue weighted by molar-refractivity contribution is 5.92. The summed E-state index contributed by atoms with van der Waals surface area (Å²) in [6, 6.07) is 19.5. The molecule has 0 aliphatic carbocycles. The average Bonchev–Trinajstić information content (AvgIpc) is 2.74. The minimum absolute atomic E-state index is 0.177. The Balaban J connectivity index is 1.64. The van der Waals surface area contributed by atoms with Crippen LogP contribution in [0.5, 0.6) is 11.5 Å². The average molecular weight is 393 g/mol. The second-order valence-electron chi connectivity index (χ2n) is 6.45. The molecule has 150 valence electrons. The first-order valence-corrected chi connectivity index (χ1v) is 9.27. The number of hydrogen-bond acceptors (Lipinski definition) is 5. The molecule has 1 unspecified atom stereocenters. The Labute approximate surface area is 168 Å². The molecule has 0 fully saturated rings. The van der Waals surface area contributed by atoms with E-state index in [4.69, 9.17) is 9.47 Å². The van der Waals surface area contributed by atoms with Crippen LogP contribution in [0, 0.1) is 0 Å². The minimum Gasteiger partial charge on any atom is -0.457 e. The van der Waals surface area contributed by atoms with Crippen molar-refractivity contribution in [2.24, 2.45) is 0 Å². The first-order chi connectivity index (χ1) is 14.1. The quantitative estimate of drug-likeness (QED) is 0.636. The lowest BCUT2D eigenvalue weighted by molar-refractivity contribution is 0.0931. The number of carbonyl (C=O) groups excluding carboxylic acids is 1. The largest absolute Gasteiger partial charge is 0.457 e. The van der Waals surface area contributed by atoms with Gasteiger partial charge in [0.05, 0.1) is 19.2 Å². The molecule has 29 heavy (non-hydrogen) atoms. The van der Waals surface area contributed by atoms with Crippen LogP contribution in [0.3, 0.4) is 0 Å². The minimum atomic E-state index is -0.353. The summed E-state index contributed by atoms with van der Waals surface area (Å²) in [6.45, 7) is 2.51. The van der Waals surface area contributed by atoms with Crippen molar-refractivity contribution in [3.63, 3.8) is 0 Å². The maximum atomic E-state index is 12.5. The third-order valence-corrected chi connectivity index (χ3v) is 4.31. The Morgan fingerprint density at radius 1 is 1.03 bits per heavy atom. The molecule has 3 rings (SSSR count). The van der Waals surface area contributed by atoms with E-state index in [-0.39, 0.29) is 29.7 Å². The number of para-hydroxylation sites is 1. The van der Waals surface area contributed by atoms with Crippen LogP contribution >= 0.6 is 0 Å². The fourth-order valence-electron chi connectivity index (χ4n) is 2.71. The number of rotatable bonds is 8. The second-order valence-corrected chi connectivity index (χ2v) is 6.45. The highest BCUT2D eigenvalue weighted by Gasteiger charge is 2.14. The molecule has 1 atom stereocenters. The zero-order valence-electron chi connectivity index (χ0n) is 16.4. The summed E-state index contributed by atoms with van der Waals surface area (Å²) in [5.74, 6) is 1.12. The maximum Gasteiger partial charge on any atom is 0.272 e. The maximum absolute atomic E-state index is 12.5. The molecule has 0 aliphatic heterocycles. The van der Waals surface area contributed by atoms with Crippen molar-refractivity contribution in [2.45, 2.75) is 19.5 Å². The van der Waals surface area contributed by atoms with Crippen molar-refractivity contribution >= 4 is 5.91 Å². The first-order valence-electron chi connectivity index (χ1n) is 9.27. The summed E-state index contributed by atoms with van der Waals surface area (Å²) in [5.41, 5.74) is 0.823. The lowest BCUT2D eigenvalue weighted by Gasteiger charge is -2.15. The smallest absolute Gasteiger partial charge is 0.272 e. The SMILES string of the molecule is COCCn1nc(C(=O)NC(C)c2ccc(Oc3ccccc3)cc2)ccc1=O. The van der Waals surface area contributed by atoms with Crippen molar-refractivity contribution in [1.29, 1.82) is 0 Å². The summed E-state index contributed by atoms with van der Waals surface area (Å²) in [6.07, 6.45) is 0. The van der Waals surface area contributed by atoms with E-state index >= 15 is 0 Å². The van der Waals surface area contributed by atoms with E-state index < -0.39 is 0 Å². The van der Waals surface area contributed by atoms with Gasteiger partial charge in [0.1, 0.15) is 17.2 Å². The van der Waals surface area contributed by atoms with Crippen molar-refractivity contribution in [3.8, 4) is 11.5 Å².